The van der Waals surface area contributed by atoms with Crippen LogP contribution in [0.3, 0.4) is 0 Å². The molecule has 3 saturated carbocycles. The molecule has 1 saturated heterocycles. The fourth-order valence-corrected chi connectivity index (χ4v) is 5.81. The van der Waals surface area contributed by atoms with Crippen LogP contribution in [-0.4, -0.2) is 49.8 Å². The molecular weight excluding hydrogens is 527 g/mol. The van der Waals surface area contributed by atoms with E-state index in [1.807, 2.05) is 5.57 Å². The smallest absolute Gasteiger partial charge is 0.335 e. The Hall–Kier alpha value is -3.72. The summed E-state index contributed by atoms with van der Waals surface area (Å²) in [4.78, 5) is 32.3. The summed E-state index contributed by atoms with van der Waals surface area (Å²) in [5.41, 5.74) is 7.58. The zero-order valence-corrected chi connectivity index (χ0v) is 23.4. The van der Waals surface area contributed by atoms with Gasteiger partial charge in [0.1, 0.15) is 11.6 Å². The number of aromatic carboxylic acids is 1. The Kier molecular flexibility index (Phi) is 10.5. The standard InChI is InChI=1S/C15H12FNO4.C11H16.C6H11NO2/c1-21-13-5-3-8(6-11(13)14(17)18)10-7-9(15(19)20)2-4-12(10)16;1-2-8(1)7-11-9-3-4-10(11)6-5-9;8-5-7-6-1-3-9-4-2-6/h2-7H,1H3,(H2,17,18)(H,19,20);7-10H,1-6H2;5-6H,1-4H2,(H,7,8). The molecule has 2 bridgehead atoms. The van der Waals surface area contributed by atoms with E-state index in [1.165, 1.54) is 76.0 Å². The van der Waals surface area contributed by atoms with Crippen molar-refractivity contribution in [3.8, 4) is 16.9 Å². The molecule has 0 spiro atoms. The first-order valence-corrected chi connectivity index (χ1v) is 14.3. The van der Waals surface area contributed by atoms with Gasteiger partial charge in [0, 0.05) is 24.8 Å². The predicted octanol–water partition coefficient (Wildman–Crippen LogP) is 5.35. The van der Waals surface area contributed by atoms with Crippen molar-refractivity contribution in [3.05, 3.63) is 65.0 Å². The minimum Gasteiger partial charge on any atom is -0.496 e. The molecule has 9 heteroatoms. The number of rotatable bonds is 7. The molecule has 4 aliphatic rings. The van der Waals surface area contributed by atoms with Crippen LogP contribution >= 0.6 is 0 Å². The predicted molar refractivity (Wildman–Crippen MR) is 153 cm³/mol. The molecule has 4 N–H and O–H groups in total. The van der Waals surface area contributed by atoms with E-state index in [2.05, 4.69) is 11.4 Å². The third-order valence-corrected chi connectivity index (χ3v) is 8.23. The number of halogens is 1. The molecule has 41 heavy (non-hydrogen) atoms. The molecule has 3 aliphatic carbocycles. The van der Waals surface area contributed by atoms with Crippen molar-refractivity contribution >= 4 is 18.3 Å². The van der Waals surface area contributed by atoms with Gasteiger partial charge in [0.25, 0.3) is 5.91 Å². The van der Waals surface area contributed by atoms with E-state index < -0.39 is 17.7 Å². The Labute approximate surface area is 240 Å². The van der Waals surface area contributed by atoms with Crippen molar-refractivity contribution in [1.29, 1.82) is 0 Å². The molecule has 0 unspecified atom stereocenters. The van der Waals surface area contributed by atoms with Crippen molar-refractivity contribution in [2.75, 3.05) is 20.3 Å². The van der Waals surface area contributed by atoms with E-state index in [0.717, 1.165) is 56.3 Å². The summed E-state index contributed by atoms with van der Waals surface area (Å²) in [6.07, 6.45) is 14.4. The number of amides is 2. The average Bonchev–Trinajstić information content (AvgIpc) is 3.64. The third kappa shape index (κ3) is 8.16. The van der Waals surface area contributed by atoms with Gasteiger partial charge in [-0.15, -0.1) is 0 Å². The summed E-state index contributed by atoms with van der Waals surface area (Å²) >= 11 is 0. The van der Waals surface area contributed by atoms with E-state index in [-0.39, 0.29) is 22.4 Å². The number of benzene rings is 2. The van der Waals surface area contributed by atoms with Crippen LogP contribution < -0.4 is 15.8 Å². The van der Waals surface area contributed by atoms with E-state index >= 15 is 0 Å². The first-order chi connectivity index (χ1) is 19.8. The number of ether oxygens (including phenoxy) is 2. The average molecular weight is 567 g/mol. The van der Waals surface area contributed by atoms with E-state index in [0.29, 0.717) is 11.6 Å². The lowest BCUT2D eigenvalue weighted by Crippen LogP contribution is -2.33. The maximum atomic E-state index is 13.9. The molecule has 1 aliphatic heterocycles. The molecule has 6 rings (SSSR count). The van der Waals surface area contributed by atoms with Crippen LogP contribution in [0.5, 0.6) is 5.75 Å². The van der Waals surface area contributed by atoms with E-state index in [4.69, 9.17) is 20.3 Å². The molecule has 0 aromatic heterocycles. The van der Waals surface area contributed by atoms with Crippen LogP contribution in [0.15, 0.2) is 48.0 Å². The minimum atomic E-state index is -1.17. The highest BCUT2D eigenvalue weighted by Gasteiger charge is 2.37. The summed E-state index contributed by atoms with van der Waals surface area (Å²) in [5, 5.41) is 11.7. The number of carboxylic acid groups (broad SMARTS) is 1. The SMILES string of the molecule is C(=C1C2CCC1CC2)C1CC1.COc1ccc(-c2cc(C(=O)O)ccc2F)cc1C(N)=O.O=CNC1CCOCC1. The van der Waals surface area contributed by atoms with Gasteiger partial charge >= 0.3 is 5.97 Å². The van der Waals surface area contributed by atoms with E-state index in [1.54, 1.807) is 0 Å². The van der Waals surface area contributed by atoms with E-state index in [9.17, 15) is 18.8 Å². The maximum Gasteiger partial charge on any atom is 0.335 e. The lowest BCUT2D eigenvalue weighted by atomic mass is 9.99. The molecule has 1 heterocycles. The molecule has 220 valence electrons. The number of hydrogen-bond acceptors (Lipinski definition) is 5. The minimum absolute atomic E-state index is 0.0529. The van der Waals surface area contributed by atoms with Gasteiger partial charge in [-0.3, -0.25) is 9.59 Å². The summed E-state index contributed by atoms with van der Waals surface area (Å²) in [6.45, 7) is 1.57. The van der Waals surface area contributed by atoms with Crippen LogP contribution in [0.4, 0.5) is 4.39 Å². The Bertz CT molecular complexity index is 1250. The first kappa shape index (κ1) is 30.2. The van der Waals surface area contributed by atoms with Crippen molar-refractivity contribution in [2.24, 2.45) is 23.5 Å². The number of carboxylic acids is 1. The Balaban J connectivity index is 0.000000160. The molecule has 2 amide bonds. The van der Waals surface area contributed by atoms with Gasteiger partial charge in [-0.1, -0.05) is 17.7 Å². The van der Waals surface area contributed by atoms with Crippen molar-refractivity contribution in [2.45, 2.75) is 57.4 Å². The normalized spacial score (nSPS) is 21.1. The van der Waals surface area contributed by atoms with Gasteiger partial charge in [0.15, 0.2) is 0 Å². The van der Waals surface area contributed by atoms with Crippen LogP contribution in [0.25, 0.3) is 11.1 Å². The molecule has 0 radical (unpaired) electrons. The molecule has 0 atom stereocenters. The van der Waals surface area contributed by atoms with Crippen molar-refractivity contribution < 1.29 is 33.4 Å². The number of methoxy groups -OCH3 is 1. The van der Waals surface area contributed by atoms with Gasteiger partial charge in [-0.25, -0.2) is 9.18 Å². The maximum absolute atomic E-state index is 13.9. The van der Waals surface area contributed by atoms with Crippen LogP contribution in [0.1, 0.15) is 72.1 Å². The molecule has 8 nitrogen and oxygen atoms in total. The van der Waals surface area contributed by atoms with Gasteiger partial charge in [0.05, 0.1) is 18.2 Å². The summed E-state index contributed by atoms with van der Waals surface area (Å²) in [6, 6.07) is 8.15. The molecular formula is C32H39FN2O6. The Morgan fingerprint density at radius 2 is 1.66 bits per heavy atom. The topological polar surface area (TPSA) is 128 Å². The van der Waals surface area contributed by atoms with Gasteiger partial charge in [-0.2, -0.15) is 0 Å². The summed E-state index contributed by atoms with van der Waals surface area (Å²) in [7, 11) is 1.38. The lowest BCUT2D eigenvalue weighted by Gasteiger charge is -2.20. The number of fused-ring (bicyclic) bond motifs is 2. The fourth-order valence-electron chi connectivity index (χ4n) is 5.81. The Morgan fingerprint density at radius 1 is 1.00 bits per heavy atom. The zero-order valence-electron chi connectivity index (χ0n) is 23.4. The Morgan fingerprint density at radius 3 is 2.20 bits per heavy atom. The van der Waals surface area contributed by atoms with Crippen molar-refractivity contribution in [1.82, 2.24) is 5.32 Å². The van der Waals surface area contributed by atoms with Crippen molar-refractivity contribution in [3.63, 3.8) is 0 Å². The second-order valence-electron chi connectivity index (χ2n) is 11.0. The van der Waals surface area contributed by atoms with Gasteiger partial charge in [-0.05, 0) is 105 Å². The summed E-state index contributed by atoms with van der Waals surface area (Å²) in [5.74, 6) is 0.886. The fraction of sp³-hybridized carbons (Fsp3) is 0.469. The zero-order chi connectivity index (χ0) is 29.4. The summed E-state index contributed by atoms with van der Waals surface area (Å²) < 4.78 is 24.0. The van der Waals surface area contributed by atoms with Gasteiger partial charge < -0.3 is 25.6 Å². The second kappa shape index (κ2) is 14.3. The number of nitrogens with two attached hydrogens (primary N) is 1. The number of nitrogens with one attached hydrogen (secondary N) is 1. The highest BCUT2D eigenvalue weighted by molar-refractivity contribution is 5.97. The van der Waals surface area contributed by atoms with Gasteiger partial charge in [0.2, 0.25) is 6.41 Å². The number of carbonyl (C=O) groups excluding carboxylic acids is 2. The monoisotopic (exact) mass is 566 g/mol. The second-order valence-corrected chi connectivity index (χ2v) is 11.0. The number of primary amides is 1. The molecule has 4 fully saturated rings. The number of allylic oxidation sites excluding steroid dienone is 2. The third-order valence-electron chi connectivity index (χ3n) is 8.23. The number of hydrogen-bond donors (Lipinski definition) is 3. The molecule has 2 aromatic carbocycles. The molecule has 2 aromatic rings. The highest BCUT2D eigenvalue weighted by Crippen LogP contribution is 2.50. The highest BCUT2D eigenvalue weighted by atomic mass is 19.1. The van der Waals surface area contributed by atoms with Crippen LogP contribution in [-0.2, 0) is 9.53 Å². The largest absolute Gasteiger partial charge is 0.496 e. The van der Waals surface area contributed by atoms with Crippen LogP contribution in [0.2, 0.25) is 0 Å². The lowest BCUT2D eigenvalue weighted by molar-refractivity contribution is -0.110. The quantitative estimate of drug-likeness (QED) is 0.306. The van der Waals surface area contributed by atoms with Crippen LogP contribution in [0, 0.1) is 23.6 Å². The number of carbonyl (C=O) groups is 3. The first-order valence-electron chi connectivity index (χ1n) is 14.3.